The summed E-state index contributed by atoms with van der Waals surface area (Å²) in [5.74, 6) is 3.23. The van der Waals surface area contributed by atoms with Gasteiger partial charge in [0, 0.05) is 13.0 Å². The summed E-state index contributed by atoms with van der Waals surface area (Å²) < 4.78 is 5.15. The Morgan fingerprint density at radius 1 is 1.56 bits per heavy atom. The Hall–Kier alpha value is -0.480. The van der Waals surface area contributed by atoms with Crippen molar-refractivity contribution in [2.75, 3.05) is 7.11 Å². The highest BCUT2D eigenvalue weighted by molar-refractivity contribution is 4.97. The molecule has 9 heavy (non-hydrogen) atoms. The van der Waals surface area contributed by atoms with Crippen molar-refractivity contribution in [3.63, 3.8) is 0 Å². The second-order valence-corrected chi connectivity index (χ2v) is 2.53. The second-order valence-electron chi connectivity index (χ2n) is 2.53. The van der Waals surface area contributed by atoms with Crippen LogP contribution in [0.1, 0.15) is 19.3 Å². The maximum Gasteiger partial charge on any atom is 0.0583 e. The standard InChI is InChI=1S/C8H12O/c1-3-7-4-5-8(6-7)9-2/h1,7-8H,4-6H2,2H3. The van der Waals surface area contributed by atoms with E-state index in [2.05, 4.69) is 5.92 Å². The predicted molar refractivity (Wildman–Crippen MR) is 37.0 cm³/mol. The number of methoxy groups -OCH3 is 1. The molecule has 0 amide bonds. The van der Waals surface area contributed by atoms with Crippen LogP contribution in [0, 0.1) is 18.3 Å². The molecule has 0 aromatic rings. The Morgan fingerprint density at radius 3 is 2.67 bits per heavy atom. The molecule has 0 aromatic heterocycles. The molecule has 1 rings (SSSR count). The fourth-order valence-electron chi connectivity index (χ4n) is 1.31. The van der Waals surface area contributed by atoms with Gasteiger partial charge in [0.05, 0.1) is 6.10 Å². The largest absolute Gasteiger partial charge is 0.381 e. The van der Waals surface area contributed by atoms with Crippen molar-refractivity contribution in [3.8, 4) is 12.3 Å². The predicted octanol–water partition coefficient (Wildman–Crippen LogP) is 1.43. The van der Waals surface area contributed by atoms with Crippen molar-refractivity contribution in [2.24, 2.45) is 5.92 Å². The number of hydrogen-bond donors (Lipinski definition) is 0. The van der Waals surface area contributed by atoms with Gasteiger partial charge in [-0.15, -0.1) is 12.3 Å². The van der Waals surface area contributed by atoms with Crippen LogP contribution in [-0.2, 0) is 4.74 Å². The molecule has 0 heterocycles. The van der Waals surface area contributed by atoms with Crippen LogP contribution in [0.4, 0.5) is 0 Å². The second kappa shape index (κ2) is 2.89. The maximum atomic E-state index is 5.25. The maximum absolute atomic E-state index is 5.25. The van der Waals surface area contributed by atoms with Crippen molar-refractivity contribution >= 4 is 0 Å². The SMILES string of the molecule is C#CC1CCC(OC)C1. The molecule has 0 bridgehead atoms. The smallest absolute Gasteiger partial charge is 0.0583 e. The highest BCUT2D eigenvalue weighted by Crippen LogP contribution is 2.26. The molecule has 1 heteroatoms. The summed E-state index contributed by atoms with van der Waals surface area (Å²) in [4.78, 5) is 0. The van der Waals surface area contributed by atoms with Gasteiger partial charge in [-0.2, -0.15) is 0 Å². The molecule has 0 aliphatic heterocycles. The van der Waals surface area contributed by atoms with Gasteiger partial charge in [-0.25, -0.2) is 0 Å². The molecule has 1 aliphatic rings. The molecule has 0 N–H and O–H groups in total. The van der Waals surface area contributed by atoms with Crippen LogP contribution >= 0.6 is 0 Å². The first-order chi connectivity index (χ1) is 4.36. The first-order valence-corrected chi connectivity index (χ1v) is 3.35. The molecule has 2 unspecified atom stereocenters. The average molecular weight is 124 g/mol. The molecule has 2 atom stereocenters. The first-order valence-electron chi connectivity index (χ1n) is 3.35. The zero-order valence-electron chi connectivity index (χ0n) is 5.76. The van der Waals surface area contributed by atoms with Crippen LogP contribution in [0.15, 0.2) is 0 Å². The number of terminal acetylenes is 1. The first kappa shape index (κ1) is 6.64. The highest BCUT2D eigenvalue weighted by Gasteiger charge is 2.21. The van der Waals surface area contributed by atoms with Crippen LogP contribution < -0.4 is 0 Å². The van der Waals surface area contributed by atoms with Gasteiger partial charge in [-0.1, -0.05) is 0 Å². The lowest BCUT2D eigenvalue weighted by molar-refractivity contribution is 0.107. The molecule has 0 aromatic carbocycles. The summed E-state index contributed by atoms with van der Waals surface area (Å²) in [7, 11) is 1.75. The third-order valence-corrected chi connectivity index (χ3v) is 1.95. The minimum atomic E-state index is 0.436. The summed E-state index contributed by atoms with van der Waals surface area (Å²) >= 11 is 0. The zero-order valence-corrected chi connectivity index (χ0v) is 5.76. The van der Waals surface area contributed by atoms with E-state index >= 15 is 0 Å². The molecule has 1 fully saturated rings. The molecule has 0 saturated heterocycles. The van der Waals surface area contributed by atoms with Crippen LogP contribution in [-0.4, -0.2) is 13.2 Å². The lowest BCUT2D eigenvalue weighted by Crippen LogP contribution is -2.03. The van der Waals surface area contributed by atoms with Gasteiger partial charge in [0.15, 0.2) is 0 Å². The highest BCUT2D eigenvalue weighted by atomic mass is 16.5. The quantitative estimate of drug-likeness (QED) is 0.480. The van der Waals surface area contributed by atoms with E-state index in [0.717, 1.165) is 19.3 Å². The van der Waals surface area contributed by atoms with Crippen molar-refractivity contribution in [1.29, 1.82) is 0 Å². The van der Waals surface area contributed by atoms with E-state index < -0.39 is 0 Å². The summed E-state index contributed by atoms with van der Waals surface area (Å²) in [5, 5.41) is 0. The fraction of sp³-hybridized carbons (Fsp3) is 0.750. The third kappa shape index (κ3) is 1.46. The van der Waals surface area contributed by atoms with Gasteiger partial charge in [-0.3, -0.25) is 0 Å². The summed E-state index contributed by atoms with van der Waals surface area (Å²) in [5.41, 5.74) is 0. The van der Waals surface area contributed by atoms with Gasteiger partial charge in [0.25, 0.3) is 0 Å². The van der Waals surface area contributed by atoms with Crippen molar-refractivity contribution in [2.45, 2.75) is 25.4 Å². The van der Waals surface area contributed by atoms with Crippen LogP contribution in [0.3, 0.4) is 0 Å². The van der Waals surface area contributed by atoms with Crippen molar-refractivity contribution < 1.29 is 4.74 Å². The Kier molecular flexibility index (Phi) is 2.13. The minimum Gasteiger partial charge on any atom is -0.381 e. The summed E-state index contributed by atoms with van der Waals surface area (Å²) in [6.45, 7) is 0. The number of hydrogen-bond acceptors (Lipinski definition) is 1. The van der Waals surface area contributed by atoms with Gasteiger partial charge in [0.2, 0.25) is 0 Å². The fourth-order valence-corrected chi connectivity index (χ4v) is 1.31. The average Bonchev–Trinajstić information content (AvgIpc) is 2.34. The lowest BCUT2D eigenvalue weighted by Gasteiger charge is -2.03. The van der Waals surface area contributed by atoms with Gasteiger partial charge >= 0.3 is 0 Å². The van der Waals surface area contributed by atoms with Gasteiger partial charge in [-0.05, 0) is 19.3 Å². The minimum absolute atomic E-state index is 0.436. The van der Waals surface area contributed by atoms with E-state index in [0.29, 0.717) is 12.0 Å². The van der Waals surface area contributed by atoms with Crippen molar-refractivity contribution in [1.82, 2.24) is 0 Å². The molecule has 0 spiro atoms. The molecule has 1 aliphatic carbocycles. The van der Waals surface area contributed by atoms with E-state index in [1.807, 2.05) is 0 Å². The van der Waals surface area contributed by atoms with Crippen molar-refractivity contribution in [3.05, 3.63) is 0 Å². The molecular weight excluding hydrogens is 112 g/mol. The van der Waals surface area contributed by atoms with Gasteiger partial charge in [0.1, 0.15) is 0 Å². The van der Waals surface area contributed by atoms with Crippen LogP contribution in [0.25, 0.3) is 0 Å². The number of ether oxygens (including phenoxy) is 1. The lowest BCUT2D eigenvalue weighted by atomic mass is 10.1. The summed E-state index contributed by atoms with van der Waals surface area (Å²) in [6.07, 6.45) is 9.04. The normalized spacial score (nSPS) is 34.2. The Labute approximate surface area is 56.4 Å². The van der Waals surface area contributed by atoms with E-state index in [9.17, 15) is 0 Å². The van der Waals surface area contributed by atoms with E-state index in [1.165, 1.54) is 0 Å². The van der Waals surface area contributed by atoms with E-state index in [4.69, 9.17) is 11.2 Å². The Bertz CT molecular complexity index is 123. The molecule has 1 nitrogen and oxygen atoms in total. The Balaban J connectivity index is 2.31. The topological polar surface area (TPSA) is 9.23 Å². The van der Waals surface area contributed by atoms with Crippen LogP contribution in [0.5, 0.6) is 0 Å². The van der Waals surface area contributed by atoms with E-state index in [-0.39, 0.29) is 0 Å². The van der Waals surface area contributed by atoms with Gasteiger partial charge < -0.3 is 4.74 Å². The van der Waals surface area contributed by atoms with Crippen LogP contribution in [0.2, 0.25) is 0 Å². The Morgan fingerprint density at radius 2 is 2.33 bits per heavy atom. The monoisotopic (exact) mass is 124 g/mol. The summed E-state index contributed by atoms with van der Waals surface area (Å²) in [6, 6.07) is 0. The molecule has 1 saturated carbocycles. The third-order valence-electron chi connectivity index (χ3n) is 1.95. The number of rotatable bonds is 1. The molecular formula is C8H12O. The molecule has 0 radical (unpaired) electrons. The zero-order chi connectivity index (χ0) is 6.69. The molecule has 50 valence electrons. The van der Waals surface area contributed by atoms with E-state index in [1.54, 1.807) is 7.11 Å².